The molecule has 0 aromatic heterocycles. The topological polar surface area (TPSA) is 55.8 Å². The molecule has 0 aliphatic carbocycles. The molecule has 0 saturated carbocycles. The first-order valence-electron chi connectivity index (χ1n) is 8.03. The van der Waals surface area contributed by atoms with E-state index in [-0.39, 0.29) is 18.2 Å². The highest BCUT2D eigenvalue weighted by Gasteiger charge is 2.28. The van der Waals surface area contributed by atoms with Gasteiger partial charge in [-0.2, -0.15) is 0 Å². The number of anilines is 1. The number of aryl methyl sites for hydroxylation is 1. The number of amides is 2. The number of hydrogen-bond donors (Lipinski definition) is 2. The Balaban J connectivity index is 1.99. The third-order valence-corrected chi connectivity index (χ3v) is 4.91. The number of nitrogens with one attached hydrogen (secondary N) is 1. The number of aliphatic hydroxyl groups is 1. The molecule has 1 fully saturated rings. The van der Waals surface area contributed by atoms with E-state index in [0.29, 0.717) is 13.1 Å². The first-order chi connectivity index (χ1) is 10.9. The Morgan fingerprint density at radius 1 is 1.48 bits per heavy atom. The molecule has 2 atom stereocenters. The Labute approximate surface area is 143 Å². The van der Waals surface area contributed by atoms with Gasteiger partial charge in [-0.25, -0.2) is 4.79 Å². The van der Waals surface area contributed by atoms with E-state index < -0.39 is 0 Å². The van der Waals surface area contributed by atoms with Crippen LogP contribution in [0.15, 0.2) is 23.1 Å². The molecule has 0 bridgehead atoms. The minimum Gasteiger partial charge on any atom is -0.392 e. The molecule has 1 aromatic rings. The van der Waals surface area contributed by atoms with Crippen molar-refractivity contribution < 1.29 is 9.90 Å². The molecule has 1 heterocycles. The number of nitrogens with zero attached hydrogens (tertiary/aromatic N) is 2. The number of thioether (sulfide) groups is 1. The number of hydrogen-bond acceptors (Lipinski definition) is 4. The van der Waals surface area contributed by atoms with Crippen LogP contribution in [0.25, 0.3) is 0 Å². The molecule has 2 N–H and O–H groups in total. The molecule has 23 heavy (non-hydrogen) atoms. The van der Waals surface area contributed by atoms with Gasteiger partial charge in [0.15, 0.2) is 0 Å². The number of urea groups is 1. The Morgan fingerprint density at radius 2 is 2.22 bits per heavy atom. The summed E-state index contributed by atoms with van der Waals surface area (Å²) in [4.78, 5) is 17.8. The van der Waals surface area contributed by atoms with Gasteiger partial charge in [0.1, 0.15) is 0 Å². The molecule has 6 heteroatoms. The predicted molar refractivity (Wildman–Crippen MR) is 96.3 cm³/mol. The van der Waals surface area contributed by atoms with Gasteiger partial charge in [-0.05, 0) is 44.7 Å². The average molecular weight is 337 g/mol. The SMILES string of the molecule is CSc1ccc(C)c(NC(=O)N2CCN(C[C@@H](C)O)C[C@H]2C)c1. The molecule has 1 aliphatic rings. The minimum absolute atomic E-state index is 0.0458. The van der Waals surface area contributed by atoms with Gasteiger partial charge in [-0.3, -0.25) is 4.90 Å². The smallest absolute Gasteiger partial charge is 0.322 e. The number of carbonyl (C=O) groups is 1. The van der Waals surface area contributed by atoms with E-state index in [2.05, 4.69) is 23.2 Å². The second-order valence-electron chi connectivity index (χ2n) is 6.26. The normalized spacial score (nSPS) is 20.4. The number of carbonyl (C=O) groups excluding carboxylic acids is 1. The standard InChI is InChI=1S/C17H27N3O2S/c1-12-5-6-15(23-4)9-16(12)18-17(22)20-8-7-19(10-13(20)2)11-14(3)21/h5-6,9,13-14,21H,7-8,10-11H2,1-4H3,(H,18,22)/t13-,14-/m1/s1. The van der Waals surface area contributed by atoms with Crippen LogP contribution in [0.2, 0.25) is 0 Å². The molecule has 2 amide bonds. The maximum absolute atomic E-state index is 12.6. The Kier molecular flexibility index (Phi) is 6.33. The lowest BCUT2D eigenvalue weighted by Gasteiger charge is -2.40. The van der Waals surface area contributed by atoms with Gasteiger partial charge in [0.25, 0.3) is 0 Å². The van der Waals surface area contributed by atoms with Crippen LogP contribution in [0.1, 0.15) is 19.4 Å². The molecule has 1 aliphatic heterocycles. The third-order valence-electron chi connectivity index (χ3n) is 4.18. The van der Waals surface area contributed by atoms with Gasteiger partial charge < -0.3 is 15.3 Å². The van der Waals surface area contributed by atoms with E-state index in [0.717, 1.165) is 29.2 Å². The fourth-order valence-electron chi connectivity index (χ4n) is 2.92. The lowest BCUT2D eigenvalue weighted by atomic mass is 10.1. The Bertz CT molecular complexity index is 551. The molecule has 2 rings (SSSR count). The zero-order valence-electron chi connectivity index (χ0n) is 14.4. The third kappa shape index (κ3) is 4.86. The molecule has 0 spiro atoms. The van der Waals surface area contributed by atoms with Crippen LogP contribution in [-0.4, -0.2) is 65.5 Å². The van der Waals surface area contributed by atoms with E-state index in [1.54, 1.807) is 18.7 Å². The highest BCUT2D eigenvalue weighted by Crippen LogP contribution is 2.23. The van der Waals surface area contributed by atoms with Crippen LogP contribution in [0.5, 0.6) is 0 Å². The van der Waals surface area contributed by atoms with Crippen molar-refractivity contribution in [3.63, 3.8) is 0 Å². The first kappa shape index (κ1) is 18.1. The van der Waals surface area contributed by atoms with E-state index in [1.165, 1.54) is 0 Å². The van der Waals surface area contributed by atoms with Crippen LogP contribution in [-0.2, 0) is 0 Å². The number of benzene rings is 1. The molecule has 1 saturated heterocycles. The van der Waals surface area contributed by atoms with Gasteiger partial charge in [0, 0.05) is 42.8 Å². The quantitative estimate of drug-likeness (QED) is 0.830. The van der Waals surface area contributed by atoms with Gasteiger partial charge in [-0.15, -0.1) is 11.8 Å². The summed E-state index contributed by atoms with van der Waals surface area (Å²) >= 11 is 1.67. The van der Waals surface area contributed by atoms with Crippen molar-refractivity contribution in [1.29, 1.82) is 0 Å². The molecular weight excluding hydrogens is 310 g/mol. The van der Waals surface area contributed by atoms with E-state index in [9.17, 15) is 9.90 Å². The van der Waals surface area contributed by atoms with Crippen molar-refractivity contribution in [2.45, 2.75) is 37.8 Å². The highest BCUT2D eigenvalue weighted by atomic mass is 32.2. The number of rotatable bonds is 4. The lowest BCUT2D eigenvalue weighted by molar-refractivity contribution is 0.0692. The van der Waals surface area contributed by atoms with Crippen molar-refractivity contribution in [3.05, 3.63) is 23.8 Å². The van der Waals surface area contributed by atoms with E-state index in [4.69, 9.17) is 0 Å². The predicted octanol–water partition coefficient (Wildman–Crippen LogP) is 2.64. The summed E-state index contributed by atoms with van der Waals surface area (Å²) in [5.74, 6) is 0. The zero-order valence-corrected chi connectivity index (χ0v) is 15.2. The molecule has 128 valence electrons. The summed E-state index contributed by atoms with van der Waals surface area (Å²) in [7, 11) is 0. The van der Waals surface area contributed by atoms with Crippen LogP contribution >= 0.6 is 11.8 Å². The highest BCUT2D eigenvalue weighted by molar-refractivity contribution is 7.98. The van der Waals surface area contributed by atoms with Crippen molar-refractivity contribution in [2.75, 3.05) is 37.8 Å². The molecule has 5 nitrogen and oxygen atoms in total. The summed E-state index contributed by atoms with van der Waals surface area (Å²) in [6.07, 6.45) is 1.69. The molecule has 0 unspecified atom stereocenters. The van der Waals surface area contributed by atoms with Crippen LogP contribution in [0.3, 0.4) is 0 Å². The van der Waals surface area contributed by atoms with Crippen molar-refractivity contribution in [3.8, 4) is 0 Å². The fourth-order valence-corrected chi connectivity index (χ4v) is 3.36. The van der Waals surface area contributed by atoms with Gasteiger partial charge in [-0.1, -0.05) is 6.07 Å². The first-order valence-corrected chi connectivity index (χ1v) is 9.26. The number of piperazine rings is 1. The average Bonchev–Trinajstić information content (AvgIpc) is 2.48. The van der Waals surface area contributed by atoms with Gasteiger partial charge in [0.05, 0.1) is 6.10 Å². The van der Waals surface area contributed by atoms with Crippen molar-refractivity contribution in [2.24, 2.45) is 0 Å². The Hall–Kier alpha value is -1.24. The van der Waals surface area contributed by atoms with Gasteiger partial charge in [0.2, 0.25) is 0 Å². The van der Waals surface area contributed by atoms with Crippen molar-refractivity contribution >= 4 is 23.5 Å². The van der Waals surface area contributed by atoms with E-state index >= 15 is 0 Å². The Morgan fingerprint density at radius 3 is 2.83 bits per heavy atom. The monoisotopic (exact) mass is 337 g/mol. The molecule has 1 aromatic carbocycles. The fraction of sp³-hybridized carbons (Fsp3) is 0.588. The lowest BCUT2D eigenvalue weighted by Crippen LogP contribution is -2.56. The largest absolute Gasteiger partial charge is 0.392 e. The second kappa shape index (κ2) is 8.04. The zero-order chi connectivity index (χ0) is 17.0. The maximum Gasteiger partial charge on any atom is 0.322 e. The summed E-state index contributed by atoms with van der Waals surface area (Å²) < 4.78 is 0. The summed E-state index contributed by atoms with van der Waals surface area (Å²) in [5, 5.41) is 12.6. The summed E-state index contributed by atoms with van der Waals surface area (Å²) in [6, 6.07) is 6.20. The van der Waals surface area contributed by atoms with Crippen LogP contribution in [0, 0.1) is 6.92 Å². The number of aliphatic hydroxyl groups excluding tert-OH is 1. The molecular formula is C17H27N3O2S. The summed E-state index contributed by atoms with van der Waals surface area (Å²) in [6.45, 7) is 8.79. The summed E-state index contributed by atoms with van der Waals surface area (Å²) in [5.41, 5.74) is 1.94. The van der Waals surface area contributed by atoms with Crippen molar-refractivity contribution in [1.82, 2.24) is 9.80 Å². The van der Waals surface area contributed by atoms with Gasteiger partial charge >= 0.3 is 6.03 Å². The van der Waals surface area contributed by atoms with Crippen LogP contribution < -0.4 is 5.32 Å². The number of β-amino-alcohol motifs (C(OH)–C–C–N with tert-alkyl or cyclic N) is 1. The second-order valence-corrected chi connectivity index (χ2v) is 7.14. The minimum atomic E-state index is -0.334. The van der Waals surface area contributed by atoms with E-state index in [1.807, 2.05) is 30.2 Å². The maximum atomic E-state index is 12.6. The van der Waals surface area contributed by atoms with Crippen LogP contribution in [0.4, 0.5) is 10.5 Å². The molecule has 0 radical (unpaired) electrons.